The van der Waals surface area contributed by atoms with E-state index in [1.165, 1.54) is 20.0 Å². The second kappa shape index (κ2) is 15.3. The molecule has 3 fully saturated rings. The van der Waals surface area contributed by atoms with Crippen molar-refractivity contribution in [1.82, 2.24) is 25.2 Å². The summed E-state index contributed by atoms with van der Waals surface area (Å²) in [6.07, 6.45) is -2.69. The molecule has 7 atom stereocenters. The Morgan fingerprint density at radius 2 is 1.80 bits per heavy atom. The minimum atomic E-state index is -4.95. The third-order valence-electron chi connectivity index (χ3n) is 11.7. The van der Waals surface area contributed by atoms with E-state index in [1.54, 1.807) is 37.3 Å². The summed E-state index contributed by atoms with van der Waals surface area (Å²) >= 11 is 0. The molecule has 16 nitrogen and oxygen atoms in total. The highest BCUT2D eigenvalue weighted by Crippen LogP contribution is 2.48. The Morgan fingerprint density at radius 3 is 2.51 bits per heavy atom. The number of alkyl halides is 3. The molecule has 0 bridgehead atoms. The van der Waals surface area contributed by atoms with E-state index < -0.39 is 92.2 Å². The number of pyridine rings is 1. The molecule has 4 amide bonds. The van der Waals surface area contributed by atoms with Crippen molar-refractivity contribution in [1.29, 1.82) is 0 Å². The normalized spacial score (nSPS) is 30.1. The van der Waals surface area contributed by atoms with E-state index in [1.807, 2.05) is 0 Å². The van der Waals surface area contributed by atoms with Crippen LogP contribution in [0.15, 0.2) is 36.5 Å². The fourth-order valence-electron chi connectivity index (χ4n) is 7.54. The van der Waals surface area contributed by atoms with Gasteiger partial charge in [-0.1, -0.05) is 12.2 Å². The maximum absolute atomic E-state index is 14.7. The molecule has 1 aromatic heterocycles. The summed E-state index contributed by atoms with van der Waals surface area (Å²) in [5.74, 6) is -2.09. The van der Waals surface area contributed by atoms with Crippen LogP contribution in [0.25, 0.3) is 10.8 Å². The summed E-state index contributed by atoms with van der Waals surface area (Å²) in [5, 5.41) is 6.20. The van der Waals surface area contributed by atoms with Crippen LogP contribution >= 0.6 is 0 Å². The highest BCUT2D eigenvalue weighted by molar-refractivity contribution is 7.91. The molecule has 0 spiro atoms. The number of nitrogens with one attached hydrogen (secondary N) is 3. The van der Waals surface area contributed by atoms with Crippen LogP contribution in [0.2, 0.25) is 0 Å². The fraction of sp³-hybridized carbons (Fsp3) is 0.615. The number of ether oxygens (including phenoxy) is 5. The molecule has 2 aliphatic carbocycles. The molecule has 3 aliphatic heterocycles. The van der Waals surface area contributed by atoms with Gasteiger partial charge in [-0.05, 0) is 84.9 Å². The lowest BCUT2D eigenvalue weighted by atomic mass is 10.1. The minimum Gasteiger partial charge on any atom is -0.486 e. The first-order valence-electron chi connectivity index (χ1n) is 19.6. The third kappa shape index (κ3) is 8.34. The SMILES string of the molecule is C[C@@H]1O[C@@H](C)CC/C=C\[C@@H]2C[C@@]2(C(=O)NS(=O)(=O)C2(C)CC2)NC(=O)[C@@H]2C[C@@H](Oc3nccc4c5c(ccc34)OCCO5)CN2C(=O)[C@H]1NC(=O)OC(C)(C)C(F)(F)F. The number of carbonyl (C=O) groups is 4. The van der Waals surface area contributed by atoms with Gasteiger partial charge < -0.3 is 39.2 Å². The number of amides is 4. The molecule has 2 aromatic rings. The molecular weight excluding hydrogens is 804 g/mol. The van der Waals surface area contributed by atoms with Gasteiger partial charge in [0.15, 0.2) is 11.5 Å². The molecular formula is C39H48F3N5O11S. The number of nitrogens with zero attached hydrogens (tertiary/aromatic N) is 2. The van der Waals surface area contributed by atoms with Crippen molar-refractivity contribution >= 4 is 44.6 Å². The van der Waals surface area contributed by atoms with E-state index in [2.05, 4.69) is 20.3 Å². The Morgan fingerprint density at radius 1 is 1.07 bits per heavy atom. The molecule has 1 saturated heterocycles. The summed E-state index contributed by atoms with van der Waals surface area (Å²) in [7, 11) is -4.10. The van der Waals surface area contributed by atoms with Gasteiger partial charge in [0.05, 0.1) is 23.5 Å². The summed E-state index contributed by atoms with van der Waals surface area (Å²) in [4.78, 5) is 61.7. The number of hydrogen-bond donors (Lipinski definition) is 3. The first-order chi connectivity index (χ1) is 27.6. The zero-order chi connectivity index (χ0) is 42.7. The Labute approximate surface area is 338 Å². The first-order valence-corrected chi connectivity index (χ1v) is 21.0. The van der Waals surface area contributed by atoms with Gasteiger partial charge >= 0.3 is 12.3 Å². The minimum absolute atomic E-state index is 0.0675. The van der Waals surface area contributed by atoms with Gasteiger partial charge in [0.2, 0.25) is 33.3 Å². The van der Waals surface area contributed by atoms with Crippen molar-refractivity contribution in [2.24, 2.45) is 5.92 Å². The Kier molecular flexibility index (Phi) is 11.0. The van der Waals surface area contributed by atoms with Crippen molar-refractivity contribution in [2.75, 3.05) is 19.8 Å². The number of benzene rings is 1. The standard InChI is InChI=1S/C39H48F3N5O11S/c1-21-8-6-7-9-23-19-38(23,34(50)46-59(52,53)37(5)13-14-37)45-31(48)27-18-24(57-32-26-10-11-28-30(55-17-16-54-28)25(26)12-15-43-32)20-47(27)33(49)29(22(2)56-21)44-35(51)58-36(3,4)39(40,41)42/h7,9-12,15,21-24,27,29H,6,8,13-14,16-20H2,1-5H3,(H,44,51)(H,45,48)(H,46,50)/b9-7-/t21-,22-,23+,24+,27-,29-,38+/m0/s1. The van der Waals surface area contributed by atoms with Crippen LogP contribution in [-0.4, -0.2) is 114 Å². The van der Waals surface area contributed by atoms with Crippen LogP contribution in [0.1, 0.15) is 73.1 Å². The van der Waals surface area contributed by atoms with Crippen molar-refractivity contribution < 1.29 is 64.5 Å². The molecule has 2 saturated carbocycles. The highest BCUT2D eigenvalue weighted by atomic mass is 32.2. The molecule has 5 aliphatic rings. The number of halogens is 3. The molecule has 322 valence electrons. The second-order valence-electron chi connectivity index (χ2n) is 16.6. The average Bonchev–Trinajstić information content (AvgIpc) is 4.04. The smallest absolute Gasteiger partial charge is 0.427 e. The maximum Gasteiger partial charge on any atom is 0.427 e. The second-order valence-corrected chi connectivity index (χ2v) is 18.8. The quantitative estimate of drug-likeness (QED) is 0.341. The average molecular weight is 852 g/mol. The molecule has 0 radical (unpaired) electrons. The topological polar surface area (TPSA) is 201 Å². The zero-order valence-electron chi connectivity index (χ0n) is 33.2. The van der Waals surface area contributed by atoms with E-state index in [-0.39, 0.29) is 25.3 Å². The van der Waals surface area contributed by atoms with Crippen molar-refractivity contribution in [3.63, 3.8) is 0 Å². The number of aromatic nitrogens is 1. The third-order valence-corrected chi connectivity index (χ3v) is 13.9. The van der Waals surface area contributed by atoms with Crippen LogP contribution in [0.5, 0.6) is 17.4 Å². The van der Waals surface area contributed by atoms with Crippen molar-refractivity contribution in [3.8, 4) is 17.4 Å². The summed E-state index contributed by atoms with van der Waals surface area (Å²) in [5.41, 5.74) is -4.61. The summed E-state index contributed by atoms with van der Waals surface area (Å²) < 4.78 is 97.5. The van der Waals surface area contributed by atoms with Crippen LogP contribution in [0.4, 0.5) is 18.0 Å². The predicted octanol–water partition coefficient (Wildman–Crippen LogP) is 3.81. The number of sulfonamides is 1. The number of hydrogen-bond acceptors (Lipinski definition) is 12. The Bertz CT molecular complexity index is 2160. The first kappa shape index (κ1) is 42.3. The lowest BCUT2D eigenvalue weighted by Gasteiger charge is -2.34. The largest absolute Gasteiger partial charge is 0.486 e. The summed E-state index contributed by atoms with van der Waals surface area (Å²) in [6.45, 7) is 6.43. The van der Waals surface area contributed by atoms with E-state index in [0.717, 1.165) is 4.90 Å². The van der Waals surface area contributed by atoms with Crippen LogP contribution in [-0.2, 0) is 33.9 Å². The van der Waals surface area contributed by atoms with Gasteiger partial charge in [-0.3, -0.25) is 19.1 Å². The molecule has 59 heavy (non-hydrogen) atoms. The molecule has 20 heteroatoms. The fourth-order valence-corrected chi connectivity index (χ4v) is 8.85. The van der Waals surface area contributed by atoms with E-state index >= 15 is 0 Å². The van der Waals surface area contributed by atoms with Gasteiger partial charge in [-0.2, -0.15) is 13.2 Å². The lowest BCUT2D eigenvalue weighted by molar-refractivity contribution is -0.244. The maximum atomic E-state index is 14.7. The molecule has 0 unspecified atom stereocenters. The summed E-state index contributed by atoms with van der Waals surface area (Å²) in [6, 6.07) is 2.09. The highest BCUT2D eigenvalue weighted by Gasteiger charge is 2.63. The number of carbonyl (C=O) groups excluding carboxylic acids is 4. The van der Waals surface area contributed by atoms with Crippen molar-refractivity contribution in [3.05, 3.63) is 36.5 Å². The van der Waals surface area contributed by atoms with Gasteiger partial charge in [0.25, 0.3) is 5.91 Å². The molecule has 7 rings (SSSR count). The van der Waals surface area contributed by atoms with E-state index in [9.17, 15) is 40.8 Å². The number of rotatable bonds is 7. The van der Waals surface area contributed by atoms with Crippen molar-refractivity contribution in [2.45, 2.75) is 126 Å². The number of allylic oxidation sites excluding steroid dienone is 1. The number of fused-ring (bicyclic) bond motifs is 5. The Hall–Kier alpha value is -4.85. The zero-order valence-corrected chi connectivity index (χ0v) is 34.0. The van der Waals surface area contributed by atoms with Crippen LogP contribution < -0.4 is 29.6 Å². The lowest BCUT2D eigenvalue weighted by Crippen LogP contribution is -2.60. The van der Waals surface area contributed by atoms with Gasteiger partial charge in [0, 0.05) is 29.3 Å². The van der Waals surface area contributed by atoms with Gasteiger partial charge in [0.1, 0.15) is 36.9 Å². The van der Waals surface area contributed by atoms with Crippen LogP contribution in [0.3, 0.4) is 0 Å². The molecule has 1 aromatic carbocycles. The number of alkyl carbamates (subject to hydrolysis) is 1. The van der Waals surface area contributed by atoms with Gasteiger partial charge in [-0.25, -0.2) is 18.2 Å². The van der Waals surface area contributed by atoms with E-state index in [0.29, 0.717) is 75.0 Å². The van der Waals surface area contributed by atoms with Crippen LogP contribution in [0, 0.1) is 5.92 Å². The van der Waals surface area contributed by atoms with E-state index in [4.69, 9.17) is 23.7 Å². The Balaban J connectivity index is 1.23. The molecule has 4 heterocycles. The predicted molar refractivity (Wildman–Crippen MR) is 203 cm³/mol. The molecule has 3 N–H and O–H groups in total. The van der Waals surface area contributed by atoms with Gasteiger partial charge in [-0.15, -0.1) is 0 Å². The monoisotopic (exact) mass is 851 g/mol.